The van der Waals surface area contributed by atoms with Gasteiger partial charge >= 0.3 is 0 Å². The summed E-state index contributed by atoms with van der Waals surface area (Å²) < 4.78 is 18.8. The van der Waals surface area contributed by atoms with Gasteiger partial charge in [0.1, 0.15) is 12.4 Å². The molecule has 0 amide bonds. The molecule has 0 spiro atoms. The summed E-state index contributed by atoms with van der Waals surface area (Å²) >= 11 is 13.5. The fourth-order valence-corrected chi connectivity index (χ4v) is 4.35. The van der Waals surface area contributed by atoms with Crippen molar-refractivity contribution in [1.29, 1.82) is 0 Å². The van der Waals surface area contributed by atoms with Crippen LogP contribution in [0.15, 0.2) is 35.7 Å². The Morgan fingerprint density at radius 1 is 1.35 bits per heavy atom. The van der Waals surface area contributed by atoms with Crippen molar-refractivity contribution in [1.82, 2.24) is 14.3 Å². The second-order valence-electron chi connectivity index (χ2n) is 6.68. The highest BCUT2D eigenvalue weighted by molar-refractivity contribution is 7.71. The van der Waals surface area contributed by atoms with Crippen LogP contribution in [-0.4, -0.2) is 21.4 Å². The van der Waals surface area contributed by atoms with Gasteiger partial charge in [-0.15, -0.1) is 16.4 Å². The fourth-order valence-electron chi connectivity index (χ4n) is 3.07. The SMILES string of the molecule is C[NH+](Cc1c(F)cccc1Cl)Cn1nc(-c2cccs2)n(C2CC2)c1=S. The predicted molar refractivity (Wildman–Crippen MR) is 105 cm³/mol. The second-order valence-corrected chi connectivity index (χ2v) is 8.40. The van der Waals surface area contributed by atoms with Crippen molar-refractivity contribution < 1.29 is 9.29 Å². The highest BCUT2D eigenvalue weighted by Crippen LogP contribution is 2.39. The molecule has 4 nitrogen and oxygen atoms in total. The number of aromatic nitrogens is 3. The molecule has 1 atom stereocenters. The number of nitrogens with one attached hydrogen (secondary N) is 1. The van der Waals surface area contributed by atoms with Crippen molar-refractivity contribution in [2.45, 2.75) is 32.1 Å². The largest absolute Gasteiger partial charge is 0.315 e. The van der Waals surface area contributed by atoms with E-state index in [9.17, 15) is 4.39 Å². The number of benzene rings is 1. The number of thiophene rings is 1. The molecule has 1 fully saturated rings. The van der Waals surface area contributed by atoms with E-state index in [0.717, 1.165) is 33.2 Å². The minimum Gasteiger partial charge on any atom is -0.315 e. The van der Waals surface area contributed by atoms with Gasteiger partial charge in [0.05, 0.1) is 22.5 Å². The number of rotatable bonds is 6. The van der Waals surface area contributed by atoms with Crippen molar-refractivity contribution in [2.75, 3.05) is 7.05 Å². The smallest absolute Gasteiger partial charge is 0.203 e. The first-order chi connectivity index (χ1) is 12.5. The molecule has 8 heteroatoms. The Bertz CT molecular complexity index is 955. The van der Waals surface area contributed by atoms with Gasteiger partial charge in [-0.25, -0.2) is 4.39 Å². The Morgan fingerprint density at radius 2 is 2.15 bits per heavy atom. The fraction of sp³-hybridized carbons (Fsp3) is 0.333. The van der Waals surface area contributed by atoms with Crippen LogP contribution in [0.25, 0.3) is 10.7 Å². The van der Waals surface area contributed by atoms with Crippen molar-refractivity contribution in [3.05, 3.63) is 56.9 Å². The minimum absolute atomic E-state index is 0.275. The number of hydrogen-bond donors (Lipinski definition) is 1. The van der Waals surface area contributed by atoms with Crippen LogP contribution >= 0.6 is 35.2 Å². The monoisotopic (exact) mass is 409 g/mol. The van der Waals surface area contributed by atoms with Crippen LogP contribution in [0.3, 0.4) is 0 Å². The number of halogens is 2. The molecule has 1 aromatic carbocycles. The molecule has 1 aliphatic carbocycles. The van der Waals surface area contributed by atoms with Gasteiger partial charge in [-0.05, 0) is 48.6 Å². The maximum absolute atomic E-state index is 14.1. The average Bonchev–Trinajstić information content (AvgIpc) is 3.18. The molecule has 4 rings (SSSR count). The molecule has 0 radical (unpaired) electrons. The van der Waals surface area contributed by atoms with Gasteiger partial charge in [0, 0.05) is 6.04 Å². The van der Waals surface area contributed by atoms with E-state index in [1.807, 2.05) is 23.2 Å². The van der Waals surface area contributed by atoms with E-state index in [1.54, 1.807) is 23.5 Å². The molecule has 136 valence electrons. The van der Waals surface area contributed by atoms with Crippen molar-refractivity contribution in [3.63, 3.8) is 0 Å². The zero-order valence-corrected chi connectivity index (χ0v) is 16.7. The molecular formula is C18H19ClFN4S2+. The Kier molecular flexibility index (Phi) is 4.96. The van der Waals surface area contributed by atoms with E-state index >= 15 is 0 Å². The summed E-state index contributed by atoms with van der Waals surface area (Å²) in [6.45, 7) is 1.03. The van der Waals surface area contributed by atoms with Gasteiger partial charge in [-0.2, -0.15) is 4.68 Å². The molecule has 2 aromatic heterocycles. The molecular weight excluding hydrogens is 391 g/mol. The highest BCUT2D eigenvalue weighted by atomic mass is 35.5. The third-order valence-corrected chi connectivity index (χ3v) is 6.11. The van der Waals surface area contributed by atoms with Crippen LogP contribution < -0.4 is 4.90 Å². The van der Waals surface area contributed by atoms with Crippen LogP contribution in [0.1, 0.15) is 24.4 Å². The molecule has 0 saturated heterocycles. The van der Waals surface area contributed by atoms with Gasteiger partial charge in [0.2, 0.25) is 4.77 Å². The molecule has 0 bridgehead atoms. The lowest BCUT2D eigenvalue weighted by molar-refractivity contribution is -0.917. The van der Waals surface area contributed by atoms with E-state index in [4.69, 9.17) is 28.9 Å². The number of nitrogens with zero attached hydrogens (tertiary/aromatic N) is 3. The molecule has 1 aliphatic rings. The normalized spacial score (nSPS) is 15.3. The summed E-state index contributed by atoms with van der Waals surface area (Å²) in [4.78, 5) is 2.18. The van der Waals surface area contributed by atoms with Gasteiger partial charge < -0.3 is 4.90 Å². The van der Waals surface area contributed by atoms with Crippen LogP contribution in [0.5, 0.6) is 0 Å². The third kappa shape index (κ3) is 3.49. The molecule has 1 saturated carbocycles. The summed E-state index contributed by atoms with van der Waals surface area (Å²) in [5, 5.41) is 7.28. The number of hydrogen-bond acceptors (Lipinski definition) is 3. The zero-order chi connectivity index (χ0) is 18.3. The number of quaternary nitrogens is 1. The van der Waals surface area contributed by atoms with Crippen molar-refractivity contribution in [2.24, 2.45) is 0 Å². The molecule has 2 heterocycles. The molecule has 1 N–H and O–H groups in total. The van der Waals surface area contributed by atoms with E-state index in [0.29, 0.717) is 29.8 Å². The maximum atomic E-state index is 14.1. The Balaban J connectivity index is 1.60. The first-order valence-electron chi connectivity index (χ1n) is 8.52. The molecule has 3 aromatic rings. The standard InChI is InChI=1S/C18H18ClFN4S2/c1-22(10-13-14(19)4-2-5-15(13)20)11-23-18(25)24(12-7-8-12)17(21-23)16-6-3-9-26-16/h2-6,9,12H,7-8,10-11H2,1H3/p+1. The Labute approximate surface area is 165 Å². The first-order valence-corrected chi connectivity index (χ1v) is 10.2. The summed E-state index contributed by atoms with van der Waals surface area (Å²) in [6, 6.07) is 9.33. The van der Waals surface area contributed by atoms with Gasteiger partial charge in [0.15, 0.2) is 12.5 Å². The molecule has 0 aliphatic heterocycles. The predicted octanol–water partition coefficient (Wildman–Crippen LogP) is 3.94. The maximum Gasteiger partial charge on any atom is 0.203 e. The van der Waals surface area contributed by atoms with Crippen LogP contribution in [0, 0.1) is 10.6 Å². The van der Waals surface area contributed by atoms with Gasteiger partial charge in [0.25, 0.3) is 0 Å². The lowest BCUT2D eigenvalue weighted by Crippen LogP contribution is -3.07. The van der Waals surface area contributed by atoms with Crippen molar-refractivity contribution in [3.8, 4) is 10.7 Å². The lowest BCUT2D eigenvalue weighted by atomic mass is 10.2. The van der Waals surface area contributed by atoms with Crippen LogP contribution in [0.2, 0.25) is 5.02 Å². The Hall–Kier alpha value is -1.54. The lowest BCUT2D eigenvalue weighted by Gasteiger charge is -2.15. The first kappa shape index (κ1) is 17.9. The van der Waals surface area contributed by atoms with Gasteiger partial charge in [-0.1, -0.05) is 23.7 Å². The average molecular weight is 410 g/mol. The summed E-state index contributed by atoms with van der Waals surface area (Å²) in [5.41, 5.74) is 0.526. The summed E-state index contributed by atoms with van der Waals surface area (Å²) in [5.74, 6) is 0.660. The molecule has 26 heavy (non-hydrogen) atoms. The molecule has 1 unspecified atom stereocenters. The van der Waals surface area contributed by atoms with E-state index in [1.165, 1.54) is 6.07 Å². The van der Waals surface area contributed by atoms with Crippen LogP contribution in [0.4, 0.5) is 4.39 Å². The highest BCUT2D eigenvalue weighted by Gasteiger charge is 2.29. The summed E-state index contributed by atoms with van der Waals surface area (Å²) in [6.07, 6.45) is 2.29. The quantitative estimate of drug-likeness (QED) is 0.624. The topological polar surface area (TPSA) is 27.2 Å². The van der Waals surface area contributed by atoms with E-state index in [2.05, 4.69) is 10.6 Å². The minimum atomic E-state index is -0.275. The van der Waals surface area contributed by atoms with E-state index in [-0.39, 0.29) is 5.82 Å². The van der Waals surface area contributed by atoms with Crippen LogP contribution in [-0.2, 0) is 13.2 Å². The third-order valence-electron chi connectivity index (χ3n) is 4.48. The second kappa shape index (κ2) is 7.23. The van der Waals surface area contributed by atoms with E-state index < -0.39 is 0 Å². The van der Waals surface area contributed by atoms with Gasteiger partial charge in [-0.3, -0.25) is 4.57 Å². The summed E-state index contributed by atoms with van der Waals surface area (Å²) in [7, 11) is 1.99. The van der Waals surface area contributed by atoms with Crippen molar-refractivity contribution >= 4 is 35.2 Å². The Morgan fingerprint density at radius 3 is 2.81 bits per heavy atom. The zero-order valence-electron chi connectivity index (χ0n) is 14.3.